The average Bonchev–Trinajstić information content (AvgIpc) is 3.19. The van der Waals surface area contributed by atoms with Crippen molar-refractivity contribution in [2.75, 3.05) is 23.3 Å². The van der Waals surface area contributed by atoms with Gasteiger partial charge < -0.3 is 41.6 Å². The Bertz CT molecular complexity index is 2530. The van der Waals surface area contributed by atoms with E-state index in [1.54, 1.807) is 0 Å². The molecule has 8 aromatic rings. The van der Waals surface area contributed by atoms with E-state index in [1.165, 1.54) is 55.2 Å². The zero-order valence-electron chi connectivity index (χ0n) is 34.0. The average molecular weight is 811 g/mol. The van der Waals surface area contributed by atoms with Crippen LogP contribution in [0.25, 0.3) is 55.5 Å². The van der Waals surface area contributed by atoms with Crippen LogP contribution < -0.4 is 50.7 Å². The van der Waals surface area contributed by atoms with E-state index in [-0.39, 0.29) is 24.8 Å². The molecule has 0 saturated carbocycles. The van der Waals surface area contributed by atoms with Gasteiger partial charge in [0.2, 0.25) is 33.4 Å². The maximum atomic E-state index is 6.41. The van der Waals surface area contributed by atoms with Crippen molar-refractivity contribution < 1.29 is 33.9 Å². The van der Waals surface area contributed by atoms with E-state index in [0.29, 0.717) is 0 Å². The summed E-state index contributed by atoms with van der Waals surface area (Å²) in [4.78, 5) is 10.2. The molecule has 0 amide bonds. The van der Waals surface area contributed by atoms with E-state index in [4.69, 9.17) is 21.4 Å². The third-order valence-electron chi connectivity index (χ3n) is 11.4. The molecule has 5 N–H and O–H groups in total. The van der Waals surface area contributed by atoms with Gasteiger partial charge in [0.25, 0.3) is 0 Å². The van der Waals surface area contributed by atoms with Gasteiger partial charge in [-0.3, -0.25) is 0 Å². The molecule has 0 atom stereocenters. The Balaban J connectivity index is 0.00000283. The summed E-state index contributed by atoms with van der Waals surface area (Å²) in [7, 11) is 0. The van der Waals surface area contributed by atoms with E-state index in [0.717, 1.165) is 103 Å². The SMILES string of the molecule is Cc1cc2nc3cc(C)c(CCCCCCCCCNc4cc5c(cc4C)nc4cc(C)c(N)cc4[n+]5-c4ccccc4)cc3[n+](-c3ccccc3)c2cc1N.[Cl-].[Cl-]. The Kier molecular flexibility index (Phi) is 13.4. The summed E-state index contributed by atoms with van der Waals surface area (Å²) in [6.07, 6.45) is 9.67. The molecule has 2 heterocycles. The molecule has 0 aliphatic rings. The summed E-state index contributed by atoms with van der Waals surface area (Å²) in [5.74, 6) is 0. The fourth-order valence-electron chi connectivity index (χ4n) is 8.11. The minimum absolute atomic E-state index is 0. The molecule has 298 valence electrons. The molecule has 7 nitrogen and oxygen atoms in total. The molecule has 6 aromatic carbocycles. The number of fused-ring (bicyclic) bond motifs is 4. The van der Waals surface area contributed by atoms with E-state index in [9.17, 15) is 0 Å². The van der Waals surface area contributed by atoms with Gasteiger partial charge in [0.05, 0.1) is 0 Å². The van der Waals surface area contributed by atoms with Crippen LogP contribution in [0.15, 0.2) is 109 Å². The van der Waals surface area contributed by atoms with Crippen LogP contribution in [0.4, 0.5) is 17.1 Å². The molecule has 9 heteroatoms. The fraction of sp³-hybridized carbons (Fsp3) is 0.265. The lowest BCUT2D eigenvalue weighted by molar-refractivity contribution is -0.538. The number of rotatable bonds is 13. The third-order valence-corrected chi connectivity index (χ3v) is 11.4. The normalized spacial score (nSPS) is 11.2. The van der Waals surface area contributed by atoms with Gasteiger partial charge in [-0.1, -0.05) is 68.5 Å². The number of nitrogen functional groups attached to an aromatic ring is 2. The number of unbranched alkanes of at least 4 members (excludes halogenated alkanes) is 6. The minimum atomic E-state index is 0. The van der Waals surface area contributed by atoms with Gasteiger partial charge in [0.1, 0.15) is 22.1 Å². The molecule has 0 radical (unpaired) electrons. The number of aromatic nitrogens is 4. The Hall–Kier alpha value is -5.50. The van der Waals surface area contributed by atoms with Crippen LogP contribution in [0.3, 0.4) is 0 Å². The summed E-state index contributed by atoms with van der Waals surface area (Å²) in [6.45, 7) is 9.44. The Morgan fingerprint density at radius 3 is 1.40 bits per heavy atom. The molecule has 0 bridgehead atoms. The van der Waals surface area contributed by atoms with Gasteiger partial charge in [0.15, 0.2) is 0 Å². The van der Waals surface area contributed by atoms with Crippen molar-refractivity contribution in [3.63, 3.8) is 0 Å². The predicted octanol–water partition coefficient (Wildman–Crippen LogP) is 4.43. The van der Waals surface area contributed by atoms with Gasteiger partial charge in [-0.25, -0.2) is 9.97 Å². The molecule has 8 rings (SSSR count). The van der Waals surface area contributed by atoms with Gasteiger partial charge in [0, 0.05) is 72.1 Å². The Morgan fingerprint density at radius 2 is 0.879 bits per heavy atom. The van der Waals surface area contributed by atoms with Gasteiger partial charge >= 0.3 is 0 Å². The van der Waals surface area contributed by atoms with Crippen LogP contribution in [0.5, 0.6) is 0 Å². The number of para-hydroxylation sites is 2. The van der Waals surface area contributed by atoms with E-state index >= 15 is 0 Å². The van der Waals surface area contributed by atoms with Crippen LogP contribution in [-0.2, 0) is 6.42 Å². The Labute approximate surface area is 354 Å². The third kappa shape index (κ3) is 8.66. The summed E-state index contributed by atoms with van der Waals surface area (Å²) < 4.78 is 4.61. The maximum Gasteiger partial charge on any atom is 0.239 e. The lowest BCUT2D eigenvalue weighted by atomic mass is 9.99. The van der Waals surface area contributed by atoms with Gasteiger partial charge in [-0.2, -0.15) is 0 Å². The largest absolute Gasteiger partial charge is 1.00 e. The standard InChI is InChI=1S/C49H51N7.2ClH/c1-32-24-42-46(55(37-19-13-10-14-20-37)47-29-39(50)33(2)25-43(47)53-42)28-36(32)18-12-8-6-5-7-9-17-23-52-41-31-49-45(27-35(41)4)54-44-26-34(3)40(51)30-48(44)56(49)38-21-15-11-16-22-38;;/h10-11,13-16,19-22,24-31,50H,5-9,12,17-18,23H2,1-4H3,(H2,51,52);2*1H. The summed E-state index contributed by atoms with van der Waals surface area (Å²) in [6, 6.07) is 38.5. The maximum absolute atomic E-state index is 6.41. The first-order valence-electron chi connectivity index (χ1n) is 20.2. The molecule has 0 fully saturated rings. The number of hydrogen-bond acceptors (Lipinski definition) is 5. The van der Waals surface area contributed by atoms with Crippen LogP contribution in [0, 0.1) is 27.7 Å². The number of hydrogen-bond donors (Lipinski definition) is 3. The molecule has 0 spiro atoms. The first-order chi connectivity index (χ1) is 27.2. The van der Waals surface area contributed by atoms with Crippen LogP contribution in [0.1, 0.15) is 72.8 Å². The molecular formula is C49H53Cl2N7. The highest BCUT2D eigenvalue weighted by Gasteiger charge is 2.23. The Morgan fingerprint density at radius 1 is 0.466 bits per heavy atom. The first-order valence-corrected chi connectivity index (χ1v) is 20.2. The van der Waals surface area contributed by atoms with Crippen molar-refractivity contribution in [2.45, 2.75) is 79.1 Å². The molecule has 0 aliphatic heterocycles. The highest BCUT2D eigenvalue weighted by molar-refractivity contribution is 5.88. The van der Waals surface area contributed by atoms with E-state index in [1.807, 2.05) is 13.8 Å². The second-order valence-electron chi connectivity index (χ2n) is 15.5. The topological polar surface area (TPSA) is 97.6 Å². The van der Waals surface area contributed by atoms with Crippen molar-refractivity contribution in [1.82, 2.24) is 9.97 Å². The van der Waals surface area contributed by atoms with Gasteiger partial charge in [-0.15, -0.1) is 9.13 Å². The monoisotopic (exact) mass is 809 g/mol. The molecular weight excluding hydrogens is 757 g/mol. The number of nitrogens with one attached hydrogen (secondary N) is 1. The van der Waals surface area contributed by atoms with E-state index in [2.05, 4.69) is 137 Å². The lowest BCUT2D eigenvalue weighted by Gasteiger charge is -2.12. The molecule has 0 unspecified atom stereocenters. The smallest absolute Gasteiger partial charge is 0.239 e. The number of anilines is 3. The highest BCUT2D eigenvalue weighted by atomic mass is 35.5. The lowest BCUT2D eigenvalue weighted by Crippen LogP contribution is -3.00. The van der Waals surface area contributed by atoms with Crippen LogP contribution in [-0.4, -0.2) is 16.5 Å². The number of nitrogens with two attached hydrogens (primary N) is 2. The summed E-state index contributed by atoms with van der Waals surface area (Å²) in [5, 5.41) is 3.75. The number of benzene rings is 6. The predicted molar refractivity (Wildman–Crippen MR) is 234 cm³/mol. The van der Waals surface area contributed by atoms with E-state index < -0.39 is 0 Å². The second kappa shape index (κ2) is 18.4. The van der Waals surface area contributed by atoms with Crippen molar-refractivity contribution >= 4 is 61.2 Å². The molecule has 0 aliphatic carbocycles. The molecule has 58 heavy (non-hydrogen) atoms. The quantitative estimate of drug-likeness (QED) is 0.0694. The van der Waals surface area contributed by atoms with Crippen LogP contribution >= 0.6 is 0 Å². The summed E-state index contributed by atoms with van der Waals surface area (Å²) in [5.41, 5.74) is 31.9. The number of aryl methyl sites for hydroxylation is 5. The second-order valence-corrected chi connectivity index (χ2v) is 15.5. The molecule has 0 saturated heterocycles. The number of nitrogens with zero attached hydrogens (tertiary/aromatic N) is 4. The van der Waals surface area contributed by atoms with Crippen molar-refractivity contribution in [3.8, 4) is 11.4 Å². The fourth-order valence-corrected chi connectivity index (χ4v) is 8.11. The zero-order valence-corrected chi connectivity index (χ0v) is 35.5. The van der Waals surface area contributed by atoms with Crippen molar-refractivity contribution in [3.05, 3.63) is 137 Å². The first kappa shape index (κ1) is 42.1. The number of halogens is 2. The van der Waals surface area contributed by atoms with Crippen LogP contribution in [0.2, 0.25) is 0 Å². The van der Waals surface area contributed by atoms with Crippen molar-refractivity contribution in [2.24, 2.45) is 0 Å². The minimum Gasteiger partial charge on any atom is -1.00 e. The highest BCUT2D eigenvalue weighted by Crippen LogP contribution is 2.28. The summed E-state index contributed by atoms with van der Waals surface area (Å²) >= 11 is 0. The zero-order chi connectivity index (χ0) is 38.8. The molecule has 2 aromatic heterocycles. The van der Waals surface area contributed by atoms with Crippen molar-refractivity contribution in [1.29, 1.82) is 0 Å². The van der Waals surface area contributed by atoms with Gasteiger partial charge in [-0.05, 0) is 99.0 Å².